The Balaban J connectivity index is 3.03. The summed E-state index contributed by atoms with van der Waals surface area (Å²) in [6, 6.07) is 2.49. The largest absolute Gasteiger partial charge is 0.233 e. The minimum absolute atomic E-state index is 0.200. The number of hydrogen-bond acceptors (Lipinski definition) is 2. The van der Waals surface area contributed by atoms with Crippen molar-refractivity contribution < 1.29 is 4.39 Å². The van der Waals surface area contributed by atoms with E-state index in [4.69, 9.17) is 11.6 Å². The monoisotopic (exact) mass is 132 g/mol. The van der Waals surface area contributed by atoms with E-state index >= 15 is 0 Å². The van der Waals surface area contributed by atoms with Crippen LogP contribution in [0.5, 0.6) is 0 Å². The third-order valence-corrected chi connectivity index (χ3v) is 0.801. The van der Waals surface area contributed by atoms with E-state index in [-0.39, 0.29) is 5.15 Å². The molecule has 0 spiro atoms. The van der Waals surface area contributed by atoms with E-state index in [0.717, 1.165) is 6.07 Å². The summed E-state index contributed by atoms with van der Waals surface area (Å²) in [5.74, 6) is -0.616. The number of hydrogen-bond donors (Lipinski definition) is 0. The van der Waals surface area contributed by atoms with Gasteiger partial charge in [0.05, 0.1) is 0 Å². The third-order valence-electron chi connectivity index (χ3n) is 0.599. The van der Waals surface area contributed by atoms with Gasteiger partial charge in [0.1, 0.15) is 0 Å². The summed E-state index contributed by atoms with van der Waals surface area (Å²) in [4.78, 5) is 0. The summed E-state index contributed by atoms with van der Waals surface area (Å²) in [5, 5.41) is 6.45. The van der Waals surface area contributed by atoms with E-state index in [0.29, 0.717) is 0 Å². The van der Waals surface area contributed by atoms with E-state index in [2.05, 4.69) is 10.2 Å². The van der Waals surface area contributed by atoms with Crippen molar-refractivity contribution in [3.05, 3.63) is 23.2 Å². The Kier molecular flexibility index (Phi) is 1.39. The van der Waals surface area contributed by atoms with Gasteiger partial charge in [-0.2, -0.15) is 4.39 Å². The number of halogens is 2. The Morgan fingerprint density at radius 1 is 1.38 bits per heavy atom. The number of rotatable bonds is 0. The molecule has 0 radical (unpaired) electrons. The second-order valence-corrected chi connectivity index (χ2v) is 1.57. The first kappa shape index (κ1) is 5.44. The minimum atomic E-state index is -0.616. The van der Waals surface area contributed by atoms with Crippen molar-refractivity contribution in [1.29, 1.82) is 0 Å². The van der Waals surface area contributed by atoms with Crippen LogP contribution < -0.4 is 0 Å². The van der Waals surface area contributed by atoms with Crippen LogP contribution in [-0.4, -0.2) is 10.2 Å². The predicted molar refractivity (Wildman–Crippen MR) is 27.0 cm³/mol. The maximum atomic E-state index is 11.9. The molecule has 0 atom stereocenters. The molecule has 0 fully saturated rings. The molecular weight excluding hydrogens is 131 g/mol. The van der Waals surface area contributed by atoms with Crippen LogP contribution in [0.2, 0.25) is 5.15 Å². The molecule has 8 heavy (non-hydrogen) atoms. The molecule has 0 bridgehead atoms. The molecule has 0 N–H and O–H groups in total. The fourth-order valence-corrected chi connectivity index (χ4v) is 0.401. The summed E-state index contributed by atoms with van der Waals surface area (Å²) in [7, 11) is 0. The van der Waals surface area contributed by atoms with Crippen LogP contribution in [0.15, 0.2) is 12.1 Å². The lowest BCUT2D eigenvalue weighted by Gasteiger charge is -1.82. The fourth-order valence-electron chi connectivity index (χ4n) is 0.300. The molecule has 1 rings (SSSR count). The van der Waals surface area contributed by atoms with Gasteiger partial charge in [0, 0.05) is 0 Å². The van der Waals surface area contributed by atoms with Gasteiger partial charge in [-0.1, -0.05) is 11.6 Å². The SMILES string of the molecule is Fc1ccc(Cl)nn1. The molecule has 1 aromatic heterocycles. The Hall–Kier alpha value is -0.700. The molecule has 42 valence electrons. The lowest BCUT2D eigenvalue weighted by molar-refractivity contribution is 0.563. The topological polar surface area (TPSA) is 25.8 Å². The quantitative estimate of drug-likeness (QED) is 0.531. The van der Waals surface area contributed by atoms with Gasteiger partial charge in [0.2, 0.25) is 5.95 Å². The molecule has 2 nitrogen and oxygen atoms in total. The van der Waals surface area contributed by atoms with E-state index in [1.54, 1.807) is 0 Å². The molecule has 0 aliphatic carbocycles. The lowest BCUT2D eigenvalue weighted by Crippen LogP contribution is -1.84. The van der Waals surface area contributed by atoms with Gasteiger partial charge < -0.3 is 0 Å². The van der Waals surface area contributed by atoms with Crippen molar-refractivity contribution in [1.82, 2.24) is 10.2 Å². The van der Waals surface area contributed by atoms with Gasteiger partial charge in [-0.3, -0.25) is 0 Å². The fraction of sp³-hybridized carbons (Fsp3) is 0. The lowest BCUT2D eigenvalue weighted by atomic mass is 10.6. The minimum Gasteiger partial charge on any atom is -0.183 e. The highest BCUT2D eigenvalue weighted by Gasteiger charge is 1.88. The zero-order valence-electron chi connectivity index (χ0n) is 3.81. The zero-order valence-corrected chi connectivity index (χ0v) is 4.56. The van der Waals surface area contributed by atoms with Gasteiger partial charge in [-0.25, -0.2) is 0 Å². The summed E-state index contributed by atoms with van der Waals surface area (Å²) >= 11 is 5.27. The normalized spacial score (nSPS) is 9.25. The predicted octanol–water partition coefficient (Wildman–Crippen LogP) is 1.27. The molecule has 4 heteroatoms. The summed E-state index contributed by atoms with van der Waals surface area (Å²) in [6.45, 7) is 0. The van der Waals surface area contributed by atoms with Crippen LogP contribution in [0.25, 0.3) is 0 Å². The standard InChI is InChI=1S/C4H2ClFN2/c5-3-1-2-4(6)8-7-3/h1-2H. The molecule has 1 aromatic rings. The van der Waals surface area contributed by atoms with Crippen LogP contribution >= 0.6 is 11.6 Å². The Morgan fingerprint density at radius 3 is 2.50 bits per heavy atom. The van der Waals surface area contributed by atoms with E-state index < -0.39 is 5.95 Å². The van der Waals surface area contributed by atoms with Gasteiger partial charge in [-0.05, 0) is 12.1 Å². The molecule has 0 aliphatic rings. The van der Waals surface area contributed by atoms with Crippen LogP contribution in [0.3, 0.4) is 0 Å². The molecule has 0 saturated carbocycles. The molecule has 1 heterocycles. The highest BCUT2D eigenvalue weighted by molar-refractivity contribution is 6.29. The third kappa shape index (κ3) is 1.13. The highest BCUT2D eigenvalue weighted by atomic mass is 35.5. The molecular formula is C4H2ClFN2. The molecule has 0 unspecified atom stereocenters. The van der Waals surface area contributed by atoms with Gasteiger partial charge in [-0.15, -0.1) is 10.2 Å². The molecule has 0 amide bonds. The average Bonchev–Trinajstić information content (AvgIpc) is 1.77. The summed E-state index contributed by atoms with van der Waals surface area (Å²) in [6.07, 6.45) is 0. The van der Waals surface area contributed by atoms with Gasteiger partial charge >= 0.3 is 0 Å². The van der Waals surface area contributed by atoms with E-state index in [1.165, 1.54) is 6.07 Å². The second kappa shape index (κ2) is 2.05. The molecule has 0 aliphatic heterocycles. The maximum Gasteiger partial charge on any atom is 0.233 e. The Labute approximate surface area is 50.3 Å². The maximum absolute atomic E-state index is 11.9. The van der Waals surface area contributed by atoms with Crippen molar-refractivity contribution in [2.24, 2.45) is 0 Å². The average molecular weight is 133 g/mol. The van der Waals surface area contributed by atoms with Crippen molar-refractivity contribution in [3.63, 3.8) is 0 Å². The second-order valence-electron chi connectivity index (χ2n) is 1.18. The van der Waals surface area contributed by atoms with Crippen LogP contribution in [0.1, 0.15) is 0 Å². The molecule has 0 aromatic carbocycles. The number of aromatic nitrogens is 2. The Morgan fingerprint density at radius 2 is 2.12 bits per heavy atom. The first-order chi connectivity index (χ1) is 3.79. The van der Waals surface area contributed by atoms with Crippen LogP contribution in [0.4, 0.5) is 4.39 Å². The van der Waals surface area contributed by atoms with Crippen molar-refractivity contribution in [2.75, 3.05) is 0 Å². The smallest absolute Gasteiger partial charge is 0.183 e. The van der Waals surface area contributed by atoms with Crippen molar-refractivity contribution in [2.45, 2.75) is 0 Å². The number of nitrogens with zero attached hydrogens (tertiary/aromatic N) is 2. The Bertz CT molecular complexity index is 153. The van der Waals surface area contributed by atoms with Crippen LogP contribution in [-0.2, 0) is 0 Å². The van der Waals surface area contributed by atoms with E-state index in [9.17, 15) is 4.39 Å². The van der Waals surface area contributed by atoms with Gasteiger partial charge in [0.15, 0.2) is 5.15 Å². The summed E-state index contributed by atoms with van der Waals surface area (Å²) < 4.78 is 11.9. The summed E-state index contributed by atoms with van der Waals surface area (Å²) in [5.41, 5.74) is 0. The highest BCUT2D eigenvalue weighted by Crippen LogP contribution is 1.99. The van der Waals surface area contributed by atoms with E-state index in [1.807, 2.05) is 0 Å². The van der Waals surface area contributed by atoms with Crippen LogP contribution in [0, 0.1) is 5.95 Å². The molecule has 0 saturated heterocycles. The van der Waals surface area contributed by atoms with Gasteiger partial charge in [0.25, 0.3) is 0 Å². The first-order valence-electron chi connectivity index (χ1n) is 1.94. The zero-order chi connectivity index (χ0) is 5.98. The van der Waals surface area contributed by atoms with Crippen molar-refractivity contribution in [3.8, 4) is 0 Å². The first-order valence-corrected chi connectivity index (χ1v) is 2.31. The van der Waals surface area contributed by atoms with Crippen molar-refractivity contribution >= 4 is 11.6 Å².